The molecule has 1 atom stereocenters. The van der Waals surface area contributed by atoms with Crippen LogP contribution in [0.5, 0.6) is 0 Å². The van der Waals surface area contributed by atoms with Crippen molar-refractivity contribution in [1.82, 2.24) is 15.1 Å². The van der Waals surface area contributed by atoms with Crippen molar-refractivity contribution >= 4 is 0 Å². The van der Waals surface area contributed by atoms with Crippen molar-refractivity contribution in [3.05, 3.63) is 53.9 Å². The first-order valence-corrected chi connectivity index (χ1v) is 7.10. The van der Waals surface area contributed by atoms with Crippen LogP contribution in [-0.4, -0.2) is 28.0 Å². The van der Waals surface area contributed by atoms with Gasteiger partial charge in [-0.15, -0.1) is 0 Å². The third-order valence-corrected chi connectivity index (χ3v) is 3.50. The lowest BCUT2D eigenvalue weighted by Gasteiger charge is -2.33. The number of aliphatic hydroxyl groups excluding tert-OH is 1. The van der Waals surface area contributed by atoms with E-state index in [1.807, 2.05) is 42.2 Å². The van der Waals surface area contributed by atoms with Crippen molar-refractivity contribution in [2.24, 2.45) is 0 Å². The first-order valence-electron chi connectivity index (χ1n) is 7.10. The Morgan fingerprint density at radius 2 is 2.05 bits per heavy atom. The van der Waals surface area contributed by atoms with Crippen LogP contribution in [0.25, 0.3) is 0 Å². The fourth-order valence-electron chi connectivity index (χ4n) is 2.40. The lowest BCUT2D eigenvalue weighted by Crippen LogP contribution is -2.49. The number of aromatic nitrogens is 2. The summed E-state index contributed by atoms with van der Waals surface area (Å²) in [4.78, 5) is 0. The van der Waals surface area contributed by atoms with E-state index in [1.165, 1.54) is 0 Å². The molecule has 0 bridgehead atoms. The fourth-order valence-corrected chi connectivity index (χ4v) is 2.40. The monoisotopic (exact) mass is 273 g/mol. The van der Waals surface area contributed by atoms with Crippen molar-refractivity contribution < 1.29 is 5.11 Å². The number of hydrogen-bond acceptors (Lipinski definition) is 3. The summed E-state index contributed by atoms with van der Waals surface area (Å²) < 4.78 is 1.89. The van der Waals surface area contributed by atoms with Gasteiger partial charge in [0.25, 0.3) is 0 Å². The summed E-state index contributed by atoms with van der Waals surface area (Å²) in [5.74, 6) is 0. The normalized spacial score (nSPS) is 14.2. The molecule has 1 unspecified atom stereocenters. The Hall–Kier alpha value is -1.65. The van der Waals surface area contributed by atoms with E-state index in [2.05, 4.69) is 29.5 Å². The van der Waals surface area contributed by atoms with Crippen LogP contribution >= 0.6 is 0 Å². The summed E-state index contributed by atoms with van der Waals surface area (Å²) in [6.45, 7) is 5.65. The quantitative estimate of drug-likeness (QED) is 0.812. The third kappa shape index (κ3) is 3.26. The van der Waals surface area contributed by atoms with E-state index in [9.17, 15) is 5.11 Å². The Bertz CT molecular complexity index is 524. The molecular formula is C16H23N3O. The standard InChI is InChI=1S/C16H23N3O/c1-3-9-17-16(13-20,15-7-5-4-6-8-15)12-19-11-14(2)10-18-19/h4-8,10-11,17,20H,3,9,12-13H2,1-2H3. The molecule has 0 amide bonds. The minimum atomic E-state index is -0.490. The highest BCUT2D eigenvalue weighted by atomic mass is 16.3. The number of nitrogens with one attached hydrogen (secondary N) is 1. The molecule has 0 aliphatic heterocycles. The van der Waals surface area contributed by atoms with Crippen LogP contribution < -0.4 is 5.32 Å². The van der Waals surface area contributed by atoms with Crippen molar-refractivity contribution in [1.29, 1.82) is 0 Å². The molecule has 2 aromatic rings. The van der Waals surface area contributed by atoms with Crippen LogP contribution in [0.1, 0.15) is 24.5 Å². The van der Waals surface area contributed by atoms with Crippen LogP contribution in [0.3, 0.4) is 0 Å². The first-order chi connectivity index (χ1) is 9.70. The molecule has 0 fully saturated rings. The van der Waals surface area contributed by atoms with Crippen LogP contribution in [0.2, 0.25) is 0 Å². The van der Waals surface area contributed by atoms with Gasteiger partial charge < -0.3 is 10.4 Å². The largest absolute Gasteiger partial charge is 0.394 e. The summed E-state index contributed by atoms with van der Waals surface area (Å²) >= 11 is 0. The van der Waals surface area contributed by atoms with Gasteiger partial charge in [-0.2, -0.15) is 5.10 Å². The topological polar surface area (TPSA) is 50.1 Å². The molecule has 108 valence electrons. The molecule has 0 spiro atoms. The molecule has 0 aliphatic carbocycles. The van der Waals surface area contributed by atoms with Crippen molar-refractivity contribution in [3.63, 3.8) is 0 Å². The Balaban J connectivity index is 2.31. The van der Waals surface area contributed by atoms with Gasteiger partial charge >= 0.3 is 0 Å². The van der Waals surface area contributed by atoms with E-state index in [1.54, 1.807) is 0 Å². The Morgan fingerprint density at radius 3 is 2.60 bits per heavy atom. The van der Waals surface area contributed by atoms with Gasteiger partial charge in [0, 0.05) is 6.20 Å². The molecule has 0 radical (unpaired) electrons. The van der Waals surface area contributed by atoms with Crippen LogP contribution in [0.4, 0.5) is 0 Å². The number of benzene rings is 1. The molecule has 1 aromatic heterocycles. The predicted molar refractivity (Wildman–Crippen MR) is 80.5 cm³/mol. The highest BCUT2D eigenvalue weighted by Gasteiger charge is 2.31. The Labute approximate surface area is 120 Å². The molecule has 4 heteroatoms. The number of aryl methyl sites for hydroxylation is 1. The second kappa shape index (κ2) is 6.68. The summed E-state index contributed by atoms with van der Waals surface area (Å²) in [5, 5.41) is 17.9. The maximum Gasteiger partial charge on any atom is 0.0867 e. The fraction of sp³-hybridized carbons (Fsp3) is 0.438. The molecule has 2 N–H and O–H groups in total. The maximum atomic E-state index is 10.0. The van der Waals surface area contributed by atoms with Gasteiger partial charge in [-0.1, -0.05) is 37.3 Å². The Morgan fingerprint density at radius 1 is 1.30 bits per heavy atom. The number of rotatable bonds is 7. The van der Waals surface area contributed by atoms with Gasteiger partial charge in [-0.3, -0.25) is 4.68 Å². The third-order valence-electron chi connectivity index (χ3n) is 3.50. The molecule has 2 rings (SSSR count). The average Bonchev–Trinajstić information content (AvgIpc) is 2.89. The van der Waals surface area contributed by atoms with Gasteiger partial charge in [0.2, 0.25) is 0 Å². The summed E-state index contributed by atoms with van der Waals surface area (Å²) in [7, 11) is 0. The minimum absolute atomic E-state index is 0.0376. The van der Waals surface area contributed by atoms with Crippen LogP contribution in [0.15, 0.2) is 42.7 Å². The van der Waals surface area contributed by atoms with Crippen molar-refractivity contribution in [2.45, 2.75) is 32.4 Å². The van der Waals surface area contributed by atoms with Gasteiger partial charge in [0.05, 0.1) is 24.9 Å². The molecule has 1 heterocycles. The summed E-state index contributed by atoms with van der Waals surface area (Å²) in [6.07, 6.45) is 4.86. The average molecular weight is 273 g/mol. The molecule has 4 nitrogen and oxygen atoms in total. The number of hydrogen-bond donors (Lipinski definition) is 2. The SMILES string of the molecule is CCCNC(CO)(Cn1cc(C)cn1)c1ccccc1. The van der Waals surface area contributed by atoms with Gasteiger partial charge in [-0.25, -0.2) is 0 Å². The van der Waals surface area contributed by atoms with E-state index < -0.39 is 5.54 Å². The van der Waals surface area contributed by atoms with Gasteiger partial charge in [0.15, 0.2) is 0 Å². The van der Waals surface area contributed by atoms with E-state index in [0.717, 1.165) is 24.1 Å². The highest BCUT2D eigenvalue weighted by molar-refractivity contribution is 5.25. The Kier molecular flexibility index (Phi) is 4.93. The maximum absolute atomic E-state index is 10.0. The van der Waals surface area contributed by atoms with Crippen molar-refractivity contribution in [3.8, 4) is 0 Å². The lowest BCUT2D eigenvalue weighted by molar-refractivity contribution is 0.138. The number of aliphatic hydroxyl groups is 1. The van der Waals surface area contributed by atoms with Gasteiger partial charge in [-0.05, 0) is 31.0 Å². The first kappa shape index (κ1) is 14.8. The van der Waals surface area contributed by atoms with Crippen molar-refractivity contribution in [2.75, 3.05) is 13.2 Å². The van der Waals surface area contributed by atoms with Crippen LogP contribution in [-0.2, 0) is 12.1 Å². The molecule has 0 saturated heterocycles. The molecule has 0 aliphatic rings. The summed E-state index contributed by atoms with van der Waals surface area (Å²) in [6, 6.07) is 10.1. The molecule has 1 aromatic carbocycles. The van der Waals surface area contributed by atoms with Crippen LogP contribution in [0, 0.1) is 6.92 Å². The lowest BCUT2D eigenvalue weighted by atomic mass is 9.90. The number of nitrogens with zero attached hydrogens (tertiary/aromatic N) is 2. The zero-order valence-corrected chi connectivity index (χ0v) is 12.2. The van der Waals surface area contributed by atoms with E-state index in [4.69, 9.17) is 0 Å². The van der Waals surface area contributed by atoms with E-state index >= 15 is 0 Å². The zero-order chi connectivity index (χ0) is 14.4. The predicted octanol–water partition coefficient (Wildman–Crippen LogP) is 2.08. The molecule has 20 heavy (non-hydrogen) atoms. The van der Waals surface area contributed by atoms with E-state index in [0.29, 0.717) is 6.54 Å². The second-order valence-corrected chi connectivity index (χ2v) is 5.25. The molecular weight excluding hydrogens is 250 g/mol. The second-order valence-electron chi connectivity index (χ2n) is 5.25. The highest BCUT2D eigenvalue weighted by Crippen LogP contribution is 2.23. The smallest absolute Gasteiger partial charge is 0.0867 e. The molecule has 0 saturated carbocycles. The van der Waals surface area contributed by atoms with Gasteiger partial charge in [0.1, 0.15) is 0 Å². The minimum Gasteiger partial charge on any atom is -0.394 e. The zero-order valence-electron chi connectivity index (χ0n) is 12.2. The summed E-state index contributed by atoms with van der Waals surface area (Å²) in [5.41, 5.74) is 1.72. The van der Waals surface area contributed by atoms with E-state index in [-0.39, 0.29) is 6.61 Å².